The van der Waals surface area contributed by atoms with Crippen LogP contribution in [-0.2, 0) is 14.3 Å². The van der Waals surface area contributed by atoms with Gasteiger partial charge >= 0.3 is 5.97 Å². The fourth-order valence-corrected chi connectivity index (χ4v) is 5.01. The molecule has 5 atom stereocenters. The number of nitrogens with two attached hydrogens (primary N) is 1. The highest BCUT2D eigenvalue weighted by molar-refractivity contribution is 7.13. The summed E-state index contributed by atoms with van der Waals surface area (Å²) in [7, 11) is 0. The lowest BCUT2D eigenvalue weighted by atomic mass is 9.93. The average Bonchev–Trinajstić information content (AvgIpc) is 3.58. The van der Waals surface area contributed by atoms with Crippen LogP contribution in [0.2, 0.25) is 5.28 Å². The summed E-state index contributed by atoms with van der Waals surface area (Å²) >= 11 is 7.17. The van der Waals surface area contributed by atoms with Gasteiger partial charge in [-0.25, -0.2) is 14.8 Å². The van der Waals surface area contributed by atoms with Crippen molar-refractivity contribution >= 4 is 45.9 Å². The van der Waals surface area contributed by atoms with Gasteiger partial charge in [0.1, 0.15) is 22.7 Å². The van der Waals surface area contributed by atoms with Gasteiger partial charge in [0, 0.05) is 10.9 Å². The van der Waals surface area contributed by atoms with E-state index in [0.717, 1.165) is 5.56 Å². The number of benzene rings is 1. The second kappa shape index (κ2) is 9.67. The van der Waals surface area contributed by atoms with E-state index in [1.165, 1.54) is 22.2 Å². The largest absolute Gasteiger partial charge is 0.479 e. The molecular formula is C23H19ClN6O6S. The van der Waals surface area contributed by atoms with Crippen molar-refractivity contribution in [3.63, 3.8) is 0 Å². The molecule has 0 aliphatic carbocycles. The SMILES string of the molecule is C#C[C@@]1(O)[C@@H](CO[C@H](C(=O)O)c2csc(-c3ccccc3)n2)O[C@@H](n2cnc3c(N)nc(Cl)nc32)[C@@H]1O. The summed E-state index contributed by atoms with van der Waals surface area (Å²) in [5.41, 5.74) is 4.94. The number of ether oxygens (including phenoxy) is 2. The number of nitrogen functional groups attached to an aromatic ring is 1. The summed E-state index contributed by atoms with van der Waals surface area (Å²) in [6.07, 6.45) is 1.11. The molecule has 0 saturated carbocycles. The van der Waals surface area contributed by atoms with Gasteiger partial charge in [-0.3, -0.25) is 4.57 Å². The number of aromatic nitrogens is 5. The number of carboxylic acid groups (broad SMARTS) is 1. The first kappa shape index (κ1) is 25.0. The van der Waals surface area contributed by atoms with E-state index in [1.54, 1.807) is 5.38 Å². The second-order valence-corrected chi connectivity index (χ2v) is 9.32. The first-order chi connectivity index (χ1) is 17.7. The van der Waals surface area contributed by atoms with E-state index in [9.17, 15) is 20.1 Å². The van der Waals surface area contributed by atoms with Crippen molar-refractivity contribution in [2.45, 2.75) is 30.1 Å². The molecule has 5 rings (SSSR count). The third-order valence-electron chi connectivity index (χ3n) is 5.89. The Bertz CT molecular complexity index is 1510. The molecule has 3 aromatic heterocycles. The molecule has 4 aromatic rings. The van der Waals surface area contributed by atoms with Crippen molar-refractivity contribution < 1.29 is 29.6 Å². The van der Waals surface area contributed by atoms with Crippen molar-refractivity contribution in [3.05, 3.63) is 53.0 Å². The number of imidazole rings is 1. The lowest BCUT2D eigenvalue weighted by Gasteiger charge is -2.25. The van der Waals surface area contributed by atoms with E-state index in [-0.39, 0.29) is 28.0 Å². The van der Waals surface area contributed by atoms with Gasteiger partial charge in [-0.2, -0.15) is 9.97 Å². The molecule has 1 saturated heterocycles. The van der Waals surface area contributed by atoms with Crippen molar-refractivity contribution in [2.24, 2.45) is 0 Å². The third kappa shape index (κ3) is 4.40. The molecule has 0 radical (unpaired) electrons. The van der Waals surface area contributed by atoms with Gasteiger partial charge in [-0.15, -0.1) is 17.8 Å². The van der Waals surface area contributed by atoms with Crippen LogP contribution in [0.1, 0.15) is 18.0 Å². The van der Waals surface area contributed by atoms with Crippen LogP contribution in [0.4, 0.5) is 5.82 Å². The monoisotopic (exact) mass is 542 g/mol. The fraction of sp³-hybridized carbons (Fsp3) is 0.261. The molecule has 1 fully saturated rings. The number of terminal acetylenes is 1. The van der Waals surface area contributed by atoms with Crippen LogP contribution in [0.25, 0.3) is 21.7 Å². The number of carbonyl (C=O) groups is 1. The number of aliphatic hydroxyl groups is 2. The average molecular weight is 543 g/mol. The predicted molar refractivity (Wildman–Crippen MR) is 132 cm³/mol. The lowest BCUT2D eigenvalue weighted by Crippen LogP contribution is -2.48. The predicted octanol–water partition coefficient (Wildman–Crippen LogP) is 1.65. The number of rotatable bonds is 7. The molecular weight excluding hydrogens is 524 g/mol. The van der Waals surface area contributed by atoms with Gasteiger partial charge in [0.05, 0.1) is 18.6 Å². The summed E-state index contributed by atoms with van der Waals surface area (Å²) < 4.78 is 12.8. The maximum absolute atomic E-state index is 12.0. The van der Waals surface area contributed by atoms with Crippen molar-refractivity contribution in [1.29, 1.82) is 0 Å². The van der Waals surface area contributed by atoms with E-state index >= 15 is 0 Å². The van der Waals surface area contributed by atoms with Gasteiger partial charge in [-0.05, 0) is 11.6 Å². The first-order valence-corrected chi connectivity index (χ1v) is 12.0. The normalized spacial score (nSPS) is 24.2. The smallest absolute Gasteiger partial charge is 0.339 e. The highest BCUT2D eigenvalue weighted by Gasteiger charge is 2.56. The molecule has 1 aromatic carbocycles. The molecule has 5 N–H and O–H groups in total. The molecule has 12 nitrogen and oxygen atoms in total. The molecule has 14 heteroatoms. The number of nitrogens with zero attached hydrogens (tertiary/aromatic N) is 5. The number of carboxylic acids is 1. The Morgan fingerprint density at radius 2 is 2.11 bits per heavy atom. The Kier molecular flexibility index (Phi) is 6.54. The third-order valence-corrected chi connectivity index (χ3v) is 6.97. The van der Waals surface area contributed by atoms with Crippen LogP contribution in [0.3, 0.4) is 0 Å². The Labute approximate surface area is 218 Å². The molecule has 0 spiro atoms. The van der Waals surface area contributed by atoms with E-state index in [1.807, 2.05) is 30.3 Å². The number of fused-ring (bicyclic) bond motifs is 1. The van der Waals surface area contributed by atoms with Gasteiger partial charge in [-0.1, -0.05) is 36.3 Å². The number of anilines is 1. The van der Waals surface area contributed by atoms with Crippen molar-refractivity contribution in [2.75, 3.05) is 12.3 Å². The topological polar surface area (TPSA) is 179 Å². The zero-order chi connectivity index (χ0) is 26.3. The van der Waals surface area contributed by atoms with Gasteiger partial charge < -0.3 is 30.5 Å². The molecule has 0 amide bonds. The second-order valence-electron chi connectivity index (χ2n) is 8.13. The summed E-state index contributed by atoms with van der Waals surface area (Å²) in [4.78, 5) is 28.4. The zero-order valence-corrected chi connectivity index (χ0v) is 20.4. The van der Waals surface area contributed by atoms with Gasteiger partial charge in [0.25, 0.3) is 0 Å². The number of aliphatic hydroxyl groups excluding tert-OH is 1. The fourth-order valence-electron chi connectivity index (χ4n) is 4.00. The molecule has 37 heavy (non-hydrogen) atoms. The number of thiazole rings is 1. The number of hydrogen-bond donors (Lipinski definition) is 4. The van der Waals surface area contributed by atoms with Crippen LogP contribution in [0.5, 0.6) is 0 Å². The number of hydrogen-bond acceptors (Lipinski definition) is 11. The minimum absolute atomic E-state index is 0.00997. The Morgan fingerprint density at radius 1 is 1.35 bits per heavy atom. The highest BCUT2D eigenvalue weighted by Crippen LogP contribution is 2.39. The quantitative estimate of drug-likeness (QED) is 0.197. The highest BCUT2D eigenvalue weighted by atomic mass is 35.5. The van der Waals surface area contributed by atoms with E-state index in [4.69, 9.17) is 33.2 Å². The van der Waals surface area contributed by atoms with Crippen LogP contribution in [0.15, 0.2) is 42.0 Å². The van der Waals surface area contributed by atoms with Crippen LogP contribution in [-0.4, -0.2) is 70.2 Å². The Hall–Kier alpha value is -3.64. The summed E-state index contributed by atoms with van der Waals surface area (Å²) in [5.74, 6) is 0.854. The van der Waals surface area contributed by atoms with Gasteiger partial charge in [0.15, 0.2) is 29.4 Å². The van der Waals surface area contributed by atoms with Crippen LogP contribution >= 0.6 is 22.9 Å². The van der Waals surface area contributed by atoms with Crippen molar-refractivity contribution in [1.82, 2.24) is 24.5 Å². The van der Waals surface area contributed by atoms with Crippen LogP contribution in [0, 0.1) is 12.3 Å². The van der Waals surface area contributed by atoms with Gasteiger partial charge in [0.2, 0.25) is 5.28 Å². The number of halogens is 1. The maximum atomic E-state index is 12.0. The zero-order valence-electron chi connectivity index (χ0n) is 18.8. The standard InChI is InChI=1S/C23H19ClN6O6S/c1-2-23(34)13(36-20(16(23)31)30-10-26-14-17(25)28-22(24)29-18(14)30)8-35-15(21(32)33)12-9-37-19(27-12)11-6-4-3-5-7-11/h1,3-7,9-10,13,15-16,20,31,34H,8H2,(H,32,33)(H2,25,28,29)/t13-,15+,16+,20-,23-/m1/s1. The minimum atomic E-state index is -2.23. The Balaban J connectivity index is 1.39. The molecule has 1 aliphatic heterocycles. The van der Waals surface area contributed by atoms with E-state index in [0.29, 0.717) is 5.01 Å². The molecule has 190 valence electrons. The minimum Gasteiger partial charge on any atom is -0.479 e. The molecule has 0 bridgehead atoms. The lowest BCUT2D eigenvalue weighted by molar-refractivity contribution is -0.157. The molecule has 4 heterocycles. The number of aliphatic carboxylic acids is 1. The van der Waals surface area contributed by atoms with Crippen LogP contribution < -0.4 is 5.73 Å². The first-order valence-electron chi connectivity index (χ1n) is 10.8. The molecule has 1 aliphatic rings. The van der Waals surface area contributed by atoms with E-state index < -0.39 is 42.7 Å². The van der Waals surface area contributed by atoms with E-state index in [2.05, 4.69) is 25.9 Å². The van der Waals surface area contributed by atoms with Crippen molar-refractivity contribution in [3.8, 4) is 22.9 Å². The maximum Gasteiger partial charge on any atom is 0.339 e. The Morgan fingerprint density at radius 3 is 2.81 bits per heavy atom. The summed E-state index contributed by atoms with van der Waals surface area (Å²) in [6, 6.07) is 9.26. The molecule has 0 unspecified atom stereocenters. The summed E-state index contributed by atoms with van der Waals surface area (Å²) in [5, 5.41) is 33.8. The summed E-state index contributed by atoms with van der Waals surface area (Å²) in [6.45, 7) is -0.478.